The lowest BCUT2D eigenvalue weighted by atomic mass is 10.0. The molecule has 4 heterocycles. The standard InChI is InChI=1S/C32H38FN7O4/c1-3-32(41)37-25-18-26(29(42-2)19-28(25)39-11-8-24(9-12-39)38-13-16-43-17-14-38)36-30-20-31(35-21-34-30)40-27(10-15-44-40)22-4-6-23(33)7-5-22/h3-7,18-21,24,27H,1,8-17H2,2H3,(H,37,41)(H,34,35,36). The van der Waals surface area contributed by atoms with Gasteiger partial charge in [-0.2, -0.15) is 0 Å². The minimum atomic E-state index is -0.298. The van der Waals surface area contributed by atoms with Crippen molar-refractivity contribution in [1.29, 1.82) is 0 Å². The molecule has 12 heteroatoms. The zero-order valence-electron chi connectivity index (χ0n) is 24.9. The van der Waals surface area contributed by atoms with Crippen LogP contribution < -0.4 is 25.3 Å². The van der Waals surface area contributed by atoms with Crippen LogP contribution in [0.4, 0.5) is 33.1 Å². The number of rotatable bonds is 9. The molecule has 1 amide bonds. The fraction of sp³-hybridized carbons (Fsp3) is 0.406. The summed E-state index contributed by atoms with van der Waals surface area (Å²) < 4.78 is 24.9. The fourth-order valence-corrected chi connectivity index (χ4v) is 6.15. The van der Waals surface area contributed by atoms with Crippen molar-refractivity contribution in [3.05, 3.63) is 72.8 Å². The Labute approximate surface area is 256 Å². The molecule has 1 unspecified atom stereocenters. The number of hydrogen-bond acceptors (Lipinski definition) is 10. The second kappa shape index (κ2) is 13.6. The molecule has 11 nitrogen and oxygen atoms in total. The highest BCUT2D eigenvalue weighted by atomic mass is 19.1. The first-order valence-electron chi connectivity index (χ1n) is 15.0. The summed E-state index contributed by atoms with van der Waals surface area (Å²) in [5, 5.41) is 8.06. The molecule has 6 rings (SSSR count). The Hall–Kier alpha value is -4.26. The van der Waals surface area contributed by atoms with Crippen LogP contribution in [-0.4, -0.2) is 79.9 Å². The number of methoxy groups -OCH3 is 1. The van der Waals surface area contributed by atoms with Crippen LogP contribution in [0, 0.1) is 5.82 Å². The summed E-state index contributed by atoms with van der Waals surface area (Å²) in [6, 6.07) is 12.4. The normalized spacial score (nSPS) is 19.5. The molecule has 2 N–H and O–H groups in total. The number of piperidine rings is 1. The molecule has 232 valence electrons. The SMILES string of the molecule is C=CC(=O)Nc1cc(Nc2cc(N3OCCC3c3ccc(F)cc3)ncn2)c(OC)cc1N1CCC(N2CCOCC2)CC1. The molecule has 3 aromatic rings. The number of halogens is 1. The Morgan fingerprint density at radius 1 is 1.02 bits per heavy atom. The van der Waals surface area contributed by atoms with Gasteiger partial charge in [0, 0.05) is 50.8 Å². The Bertz CT molecular complexity index is 1460. The lowest BCUT2D eigenvalue weighted by Gasteiger charge is -2.41. The van der Waals surface area contributed by atoms with Crippen molar-refractivity contribution in [3.63, 3.8) is 0 Å². The Morgan fingerprint density at radius 2 is 1.80 bits per heavy atom. The lowest BCUT2D eigenvalue weighted by Crippen LogP contribution is -2.49. The lowest BCUT2D eigenvalue weighted by molar-refractivity contribution is -0.111. The number of amides is 1. The van der Waals surface area contributed by atoms with E-state index in [4.69, 9.17) is 14.3 Å². The number of benzene rings is 2. The van der Waals surface area contributed by atoms with Gasteiger partial charge in [-0.15, -0.1) is 0 Å². The number of morpholine rings is 1. The molecule has 44 heavy (non-hydrogen) atoms. The van der Waals surface area contributed by atoms with E-state index in [-0.39, 0.29) is 17.8 Å². The molecule has 0 spiro atoms. The van der Waals surface area contributed by atoms with E-state index >= 15 is 0 Å². The topological polar surface area (TPSA) is 104 Å². The van der Waals surface area contributed by atoms with Crippen LogP contribution in [0.25, 0.3) is 0 Å². The predicted molar refractivity (Wildman–Crippen MR) is 167 cm³/mol. The van der Waals surface area contributed by atoms with Crippen molar-refractivity contribution < 1.29 is 23.5 Å². The molecule has 0 aliphatic carbocycles. The zero-order valence-corrected chi connectivity index (χ0v) is 24.9. The van der Waals surface area contributed by atoms with E-state index in [0.717, 1.165) is 69.9 Å². The molecule has 0 radical (unpaired) electrons. The molecule has 3 fully saturated rings. The number of hydrogen-bond donors (Lipinski definition) is 2. The molecule has 3 saturated heterocycles. The average molecular weight is 604 g/mol. The van der Waals surface area contributed by atoms with Crippen molar-refractivity contribution in [2.45, 2.75) is 31.3 Å². The van der Waals surface area contributed by atoms with E-state index in [9.17, 15) is 9.18 Å². The first-order valence-corrected chi connectivity index (χ1v) is 15.0. The summed E-state index contributed by atoms with van der Waals surface area (Å²) in [6.45, 7) is 9.38. The molecule has 1 atom stereocenters. The second-order valence-electron chi connectivity index (χ2n) is 11.0. The first-order chi connectivity index (χ1) is 21.5. The van der Waals surface area contributed by atoms with Crippen LogP contribution in [0.5, 0.6) is 5.75 Å². The van der Waals surface area contributed by atoms with E-state index in [2.05, 4.69) is 37.0 Å². The third-order valence-corrected chi connectivity index (χ3v) is 8.43. The van der Waals surface area contributed by atoms with Crippen molar-refractivity contribution in [2.75, 3.05) is 73.7 Å². The van der Waals surface area contributed by atoms with E-state index < -0.39 is 0 Å². The van der Waals surface area contributed by atoms with Gasteiger partial charge in [0.05, 0.1) is 50.0 Å². The van der Waals surface area contributed by atoms with Crippen LogP contribution in [-0.2, 0) is 14.4 Å². The average Bonchev–Trinajstić information content (AvgIpc) is 3.56. The largest absolute Gasteiger partial charge is 0.494 e. The molecule has 0 bridgehead atoms. The van der Waals surface area contributed by atoms with Crippen LogP contribution in [0.2, 0.25) is 0 Å². The van der Waals surface area contributed by atoms with Gasteiger partial charge >= 0.3 is 0 Å². The summed E-state index contributed by atoms with van der Waals surface area (Å²) in [6.07, 6.45) is 5.51. The van der Waals surface area contributed by atoms with E-state index in [1.54, 1.807) is 30.4 Å². The quantitative estimate of drug-likeness (QED) is 0.335. The summed E-state index contributed by atoms with van der Waals surface area (Å²) in [7, 11) is 1.62. The number of carbonyl (C=O) groups excluding carboxylic acids is 1. The molecule has 0 saturated carbocycles. The van der Waals surface area contributed by atoms with Gasteiger partial charge in [-0.1, -0.05) is 18.7 Å². The minimum Gasteiger partial charge on any atom is -0.494 e. The highest BCUT2D eigenvalue weighted by molar-refractivity contribution is 6.02. The smallest absolute Gasteiger partial charge is 0.247 e. The molecule has 3 aliphatic rings. The highest BCUT2D eigenvalue weighted by Gasteiger charge is 2.30. The third-order valence-electron chi connectivity index (χ3n) is 8.43. The number of anilines is 5. The fourth-order valence-electron chi connectivity index (χ4n) is 6.15. The molecular formula is C32H38FN7O4. The summed E-state index contributed by atoms with van der Waals surface area (Å²) in [5.74, 6) is 1.10. The summed E-state index contributed by atoms with van der Waals surface area (Å²) in [4.78, 5) is 32.1. The number of aromatic nitrogens is 2. The van der Waals surface area contributed by atoms with Crippen LogP contribution in [0.3, 0.4) is 0 Å². The van der Waals surface area contributed by atoms with Gasteiger partial charge in [-0.25, -0.2) is 19.4 Å². The maximum Gasteiger partial charge on any atom is 0.247 e. The maximum absolute atomic E-state index is 13.5. The second-order valence-corrected chi connectivity index (χ2v) is 11.0. The van der Waals surface area contributed by atoms with Crippen molar-refractivity contribution in [1.82, 2.24) is 14.9 Å². The van der Waals surface area contributed by atoms with Crippen molar-refractivity contribution in [2.24, 2.45) is 0 Å². The monoisotopic (exact) mass is 603 g/mol. The van der Waals surface area contributed by atoms with Gasteiger partial charge in [0.15, 0.2) is 5.82 Å². The van der Waals surface area contributed by atoms with Crippen LogP contribution >= 0.6 is 0 Å². The molecular weight excluding hydrogens is 565 g/mol. The highest BCUT2D eigenvalue weighted by Crippen LogP contribution is 2.40. The van der Waals surface area contributed by atoms with Crippen LogP contribution in [0.15, 0.2) is 61.4 Å². The summed E-state index contributed by atoms with van der Waals surface area (Å²) in [5.41, 5.74) is 3.10. The van der Waals surface area contributed by atoms with Crippen LogP contribution in [0.1, 0.15) is 30.9 Å². The van der Waals surface area contributed by atoms with Gasteiger partial charge in [-0.3, -0.25) is 14.5 Å². The predicted octanol–water partition coefficient (Wildman–Crippen LogP) is 4.68. The third kappa shape index (κ3) is 6.62. The number of nitrogens with zero attached hydrogens (tertiary/aromatic N) is 5. The number of ether oxygens (including phenoxy) is 2. The van der Waals surface area contributed by atoms with Crippen molar-refractivity contribution >= 4 is 34.6 Å². The number of carbonyl (C=O) groups is 1. The Balaban J connectivity index is 1.23. The first kappa shape index (κ1) is 29.8. The Morgan fingerprint density at radius 3 is 2.52 bits per heavy atom. The maximum atomic E-state index is 13.5. The van der Waals surface area contributed by atoms with Crippen molar-refractivity contribution in [3.8, 4) is 5.75 Å². The van der Waals surface area contributed by atoms with Gasteiger partial charge in [0.25, 0.3) is 0 Å². The van der Waals surface area contributed by atoms with Gasteiger partial charge in [-0.05, 0) is 42.7 Å². The zero-order chi connectivity index (χ0) is 30.5. The molecule has 3 aliphatic heterocycles. The Kier molecular flexibility index (Phi) is 9.20. The number of hydroxylamine groups is 1. The van der Waals surface area contributed by atoms with E-state index in [1.807, 2.05) is 12.1 Å². The van der Waals surface area contributed by atoms with E-state index in [0.29, 0.717) is 41.4 Å². The molecule has 1 aromatic heterocycles. The van der Waals surface area contributed by atoms with Gasteiger partial charge in [0.1, 0.15) is 23.7 Å². The number of nitrogens with one attached hydrogen (secondary N) is 2. The summed E-state index contributed by atoms with van der Waals surface area (Å²) >= 11 is 0. The van der Waals surface area contributed by atoms with E-state index in [1.165, 1.54) is 24.5 Å². The van der Waals surface area contributed by atoms with Gasteiger partial charge < -0.3 is 25.0 Å². The molecule has 2 aromatic carbocycles. The minimum absolute atomic E-state index is 0.111. The van der Waals surface area contributed by atoms with Gasteiger partial charge in [0.2, 0.25) is 5.91 Å².